The van der Waals surface area contributed by atoms with Crippen LogP contribution in [-0.4, -0.2) is 65.5 Å². The summed E-state index contributed by atoms with van der Waals surface area (Å²) in [6.07, 6.45) is -3.10. The minimum atomic E-state index is -4.51. The maximum absolute atomic E-state index is 13.7. The molecule has 2 aromatic rings. The molecule has 1 unspecified atom stereocenters. The third-order valence-corrected chi connectivity index (χ3v) is 7.26. The van der Waals surface area contributed by atoms with Gasteiger partial charge in [0.1, 0.15) is 12.1 Å². The number of hydrogen-bond acceptors (Lipinski definition) is 4. The SMILES string of the molecule is CCC(C)NC(=O)CN1CN(c2ccccc2)C2(CCN(C(=O)Nc3cccc(C(F)(F)F)c3)CC2)C1=O. The minimum Gasteiger partial charge on any atom is -0.352 e. The zero-order valence-corrected chi connectivity index (χ0v) is 21.4. The summed E-state index contributed by atoms with van der Waals surface area (Å²) in [5.74, 6) is -0.394. The van der Waals surface area contributed by atoms with E-state index in [1.54, 1.807) is 4.90 Å². The van der Waals surface area contributed by atoms with Gasteiger partial charge in [-0.2, -0.15) is 13.2 Å². The van der Waals surface area contributed by atoms with E-state index < -0.39 is 23.3 Å². The molecular formula is C27H32F3N5O3. The first kappa shape index (κ1) is 27.3. The van der Waals surface area contributed by atoms with Crippen molar-refractivity contribution >= 4 is 29.2 Å². The van der Waals surface area contributed by atoms with E-state index in [1.807, 2.05) is 49.1 Å². The van der Waals surface area contributed by atoms with Crippen molar-refractivity contribution in [2.24, 2.45) is 0 Å². The van der Waals surface area contributed by atoms with Gasteiger partial charge >= 0.3 is 12.2 Å². The number of nitrogens with zero attached hydrogens (tertiary/aromatic N) is 3. The number of benzene rings is 2. The van der Waals surface area contributed by atoms with E-state index >= 15 is 0 Å². The summed E-state index contributed by atoms with van der Waals surface area (Å²) >= 11 is 0. The standard InChI is InChI=1S/C27H32F3N5O3/c1-3-19(2)31-23(36)17-34-18-35(22-10-5-4-6-11-22)26(24(34)37)12-14-33(15-13-26)25(38)32-21-9-7-8-20(16-21)27(28,29)30/h4-11,16,19H,3,12-15,17-18H2,1-2H3,(H,31,36)(H,32,38). The number of nitrogens with one attached hydrogen (secondary N) is 2. The lowest BCUT2D eigenvalue weighted by molar-refractivity contribution is -0.137. The Morgan fingerprint density at radius 1 is 1.05 bits per heavy atom. The lowest BCUT2D eigenvalue weighted by Gasteiger charge is -2.43. The Bertz CT molecular complexity index is 1170. The maximum Gasteiger partial charge on any atom is 0.416 e. The number of rotatable bonds is 6. The molecule has 11 heteroatoms. The van der Waals surface area contributed by atoms with Gasteiger partial charge in [0.2, 0.25) is 5.91 Å². The van der Waals surface area contributed by atoms with Crippen LogP contribution in [0.1, 0.15) is 38.7 Å². The van der Waals surface area contributed by atoms with Gasteiger partial charge in [0.25, 0.3) is 5.91 Å². The molecule has 2 fully saturated rings. The molecule has 0 aliphatic carbocycles. The molecule has 38 heavy (non-hydrogen) atoms. The molecule has 0 aromatic heterocycles. The predicted molar refractivity (Wildman–Crippen MR) is 137 cm³/mol. The van der Waals surface area contributed by atoms with Crippen molar-refractivity contribution in [2.45, 2.75) is 50.9 Å². The Hall–Kier alpha value is -3.76. The lowest BCUT2D eigenvalue weighted by Crippen LogP contribution is -2.58. The number of anilines is 2. The van der Waals surface area contributed by atoms with Crippen molar-refractivity contribution in [1.82, 2.24) is 15.1 Å². The minimum absolute atomic E-state index is 0.00188. The number of halogens is 3. The number of amides is 4. The van der Waals surface area contributed by atoms with Crippen molar-refractivity contribution in [1.29, 1.82) is 0 Å². The molecule has 1 atom stereocenters. The molecule has 2 aromatic carbocycles. The first-order valence-electron chi connectivity index (χ1n) is 12.7. The molecular weight excluding hydrogens is 499 g/mol. The molecule has 0 saturated carbocycles. The van der Waals surface area contributed by atoms with E-state index in [2.05, 4.69) is 10.6 Å². The second-order valence-electron chi connectivity index (χ2n) is 9.81. The molecule has 4 rings (SSSR count). The van der Waals surface area contributed by atoms with Gasteiger partial charge in [-0.25, -0.2) is 4.79 Å². The number of carbonyl (C=O) groups excluding carboxylic acids is 3. The van der Waals surface area contributed by atoms with Crippen molar-refractivity contribution < 1.29 is 27.6 Å². The Morgan fingerprint density at radius 3 is 2.37 bits per heavy atom. The molecule has 2 aliphatic heterocycles. The van der Waals surface area contributed by atoms with E-state index in [0.29, 0.717) is 12.8 Å². The number of hydrogen-bond donors (Lipinski definition) is 2. The molecule has 0 radical (unpaired) electrons. The van der Waals surface area contributed by atoms with Crippen LogP contribution in [0.5, 0.6) is 0 Å². The predicted octanol–water partition coefficient (Wildman–Crippen LogP) is 4.29. The molecule has 204 valence electrons. The van der Waals surface area contributed by atoms with Crippen LogP contribution in [0.15, 0.2) is 54.6 Å². The number of alkyl halides is 3. The maximum atomic E-state index is 13.7. The van der Waals surface area contributed by atoms with Crippen LogP contribution in [0.3, 0.4) is 0 Å². The molecule has 4 amide bonds. The average molecular weight is 532 g/mol. The van der Waals surface area contributed by atoms with Gasteiger partial charge in [0, 0.05) is 30.5 Å². The van der Waals surface area contributed by atoms with E-state index in [0.717, 1.165) is 24.2 Å². The highest BCUT2D eigenvalue weighted by atomic mass is 19.4. The van der Waals surface area contributed by atoms with Crippen LogP contribution < -0.4 is 15.5 Å². The normalized spacial score (nSPS) is 18.0. The van der Waals surface area contributed by atoms with E-state index in [-0.39, 0.29) is 49.8 Å². The summed E-state index contributed by atoms with van der Waals surface area (Å²) < 4.78 is 39.1. The third kappa shape index (κ3) is 5.71. The van der Waals surface area contributed by atoms with Crippen LogP contribution in [0.4, 0.5) is 29.3 Å². The second-order valence-corrected chi connectivity index (χ2v) is 9.81. The smallest absolute Gasteiger partial charge is 0.352 e. The largest absolute Gasteiger partial charge is 0.416 e. The fourth-order valence-corrected chi connectivity index (χ4v) is 4.97. The first-order chi connectivity index (χ1) is 18.0. The molecule has 1 spiro atoms. The van der Waals surface area contributed by atoms with Crippen molar-refractivity contribution in [3.63, 3.8) is 0 Å². The zero-order chi connectivity index (χ0) is 27.5. The second kappa shape index (κ2) is 10.9. The number of urea groups is 1. The molecule has 0 bridgehead atoms. The summed E-state index contributed by atoms with van der Waals surface area (Å²) in [7, 11) is 0. The average Bonchev–Trinajstić information content (AvgIpc) is 3.15. The van der Waals surface area contributed by atoms with Crippen LogP contribution in [0, 0.1) is 0 Å². The highest BCUT2D eigenvalue weighted by Crippen LogP contribution is 2.39. The zero-order valence-electron chi connectivity index (χ0n) is 21.4. The highest BCUT2D eigenvalue weighted by molar-refractivity contribution is 5.97. The van der Waals surface area contributed by atoms with Gasteiger partial charge in [0.15, 0.2) is 0 Å². The number of carbonyl (C=O) groups is 3. The Labute approximate surface area is 219 Å². The molecule has 2 saturated heterocycles. The Kier molecular flexibility index (Phi) is 7.84. The van der Waals surface area contributed by atoms with Crippen LogP contribution >= 0.6 is 0 Å². The number of likely N-dealkylation sites (tertiary alicyclic amines) is 1. The number of para-hydroxylation sites is 1. The fourth-order valence-electron chi connectivity index (χ4n) is 4.97. The van der Waals surface area contributed by atoms with Crippen molar-refractivity contribution in [3.05, 3.63) is 60.2 Å². The molecule has 2 N–H and O–H groups in total. The summed E-state index contributed by atoms with van der Waals surface area (Å²) in [5.41, 5.74) is -0.884. The van der Waals surface area contributed by atoms with Crippen LogP contribution in [-0.2, 0) is 15.8 Å². The molecule has 2 heterocycles. The van der Waals surface area contributed by atoms with Gasteiger partial charge in [-0.15, -0.1) is 0 Å². The van der Waals surface area contributed by atoms with Gasteiger partial charge in [-0.05, 0) is 56.5 Å². The van der Waals surface area contributed by atoms with Crippen LogP contribution in [0.2, 0.25) is 0 Å². The van der Waals surface area contributed by atoms with E-state index in [9.17, 15) is 27.6 Å². The quantitative estimate of drug-likeness (QED) is 0.583. The fraction of sp³-hybridized carbons (Fsp3) is 0.444. The van der Waals surface area contributed by atoms with Crippen molar-refractivity contribution in [3.8, 4) is 0 Å². The molecule has 8 nitrogen and oxygen atoms in total. The monoisotopic (exact) mass is 531 g/mol. The van der Waals surface area contributed by atoms with E-state index in [1.165, 1.54) is 17.0 Å². The summed E-state index contributed by atoms with van der Waals surface area (Å²) in [6.45, 7) is 4.51. The molecule has 2 aliphatic rings. The van der Waals surface area contributed by atoms with Gasteiger partial charge < -0.3 is 25.3 Å². The van der Waals surface area contributed by atoms with Crippen molar-refractivity contribution in [2.75, 3.05) is 36.5 Å². The van der Waals surface area contributed by atoms with Gasteiger partial charge in [-0.3, -0.25) is 9.59 Å². The van der Waals surface area contributed by atoms with E-state index in [4.69, 9.17) is 0 Å². The number of piperidine rings is 1. The Morgan fingerprint density at radius 2 is 1.74 bits per heavy atom. The third-order valence-electron chi connectivity index (χ3n) is 7.26. The topological polar surface area (TPSA) is 85.0 Å². The van der Waals surface area contributed by atoms with Gasteiger partial charge in [0.05, 0.1) is 12.2 Å². The first-order valence-corrected chi connectivity index (χ1v) is 12.7. The lowest BCUT2D eigenvalue weighted by atomic mass is 9.85. The van der Waals surface area contributed by atoms with Crippen LogP contribution in [0.25, 0.3) is 0 Å². The summed E-state index contributed by atoms with van der Waals surface area (Å²) in [5, 5.41) is 5.44. The van der Waals surface area contributed by atoms with Gasteiger partial charge in [-0.1, -0.05) is 31.2 Å². The summed E-state index contributed by atoms with van der Waals surface area (Å²) in [6, 6.07) is 13.4. The Balaban J connectivity index is 1.48. The highest BCUT2D eigenvalue weighted by Gasteiger charge is 2.54. The summed E-state index contributed by atoms with van der Waals surface area (Å²) in [4.78, 5) is 44.2.